The second-order valence-corrected chi connectivity index (χ2v) is 17.2. The average Bonchev–Trinajstić information content (AvgIpc) is 3.28. The van der Waals surface area contributed by atoms with Crippen LogP contribution in [0.5, 0.6) is 0 Å². The molecule has 0 radical (unpaired) electrons. The summed E-state index contributed by atoms with van der Waals surface area (Å²) in [5.41, 5.74) is 12.2. The van der Waals surface area contributed by atoms with E-state index in [0.717, 1.165) is 44.8 Å². The quantitative estimate of drug-likeness (QED) is 0.151. The zero-order chi connectivity index (χ0) is 39.1. The van der Waals surface area contributed by atoms with Gasteiger partial charge in [0.05, 0.1) is 32.5 Å². The summed E-state index contributed by atoms with van der Waals surface area (Å²) in [5.74, 6) is 0. The van der Waals surface area contributed by atoms with Crippen molar-refractivity contribution in [3.63, 3.8) is 0 Å². The number of para-hydroxylation sites is 4. The van der Waals surface area contributed by atoms with Crippen molar-refractivity contribution >= 4 is 80.0 Å². The summed E-state index contributed by atoms with van der Waals surface area (Å²) < 4.78 is 27.7. The van der Waals surface area contributed by atoms with Crippen molar-refractivity contribution in [2.45, 2.75) is 19.6 Å². The normalized spacial score (nSPS) is 13.9. The van der Waals surface area contributed by atoms with Crippen LogP contribution < -0.4 is 9.80 Å². The molecule has 0 N–H and O–H groups in total. The van der Waals surface area contributed by atoms with Crippen LogP contribution in [0.15, 0.2) is 214 Å². The van der Waals surface area contributed by atoms with Crippen LogP contribution in [-0.4, -0.2) is 8.42 Å². The van der Waals surface area contributed by atoms with E-state index in [1.807, 2.05) is 83.4 Å². The van der Waals surface area contributed by atoms with Crippen molar-refractivity contribution in [3.8, 4) is 11.1 Å². The minimum Gasteiger partial charge on any atom is -0.308 e. The van der Waals surface area contributed by atoms with E-state index >= 15 is 0 Å². The zero-order valence-electron chi connectivity index (χ0n) is 31.3. The number of rotatable bonds is 7. The highest BCUT2D eigenvalue weighted by Crippen LogP contribution is 2.52. The van der Waals surface area contributed by atoms with Gasteiger partial charge in [0, 0.05) is 21.2 Å². The third-order valence-electron chi connectivity index (χ3n) is 10.6. The van der Waals surface area contributed by atoms with Crippen molar-refractivity contribution in [2.75, 3.05) is 9.80 Å². The van der Waals surface area contributed by atoms with E-state index in [0.29, 0.717) is 21.2 Å². The number of benzene rings is 8. The molecule has 0 aliphatic carbocycles. The molecular weight excluding hydrogens is 749 g/mol. The summed E-state index contributed by atoms with van der Waals surface area (Å²) in [7, 11) is -3.71. The average molecular weight is 785 g/mol. The van der Waals surface area contributed by atoms with Gasteiger partial charge < -0.3 is 9.80 Å². The second kappa shape index (κ2) is 14.9. The maximum Gasteiger partial charge on any atom is 0.210 e. The summed E-state index contributed by atoms with van der Waals surface area (Å²) in [6.45, 7) is 0. The molecule has 58 heavy (non-hydrogen) atoms. The Morgan fingerprint density at radius 3 is 1.41 bits per heavy atom. The topological polar surface area (TPSA) is 40.6 Å². The summed E-state index contributed by atoms with van der Waals surface area (Å²) in [6, 6.07) is 65.6. The maximum atomic E-state index is 13.9. The molecule has 0 fully saturated rings. The molecule has 0 saturated carbocycles. The fourth-order valence-corrected chi connectivity index (χ4v) is 10.5. The number of hydrogen-bond donors (Lipinski definition) is 0. The number of nitrogens with zero attached hydrogens (tertiary/aromatic N) is 2. The van der Waals surface area contributed by atoms with Crippen molar-refractivity contribution in [1.29, 1.82) is 0 Å². The van der Waals surface area contributed by atoms with E-state index in [4.69, 9.17) is 0 Å². The number of anilines is 6. The van der Waals surface area contributed by atoms with Crippen LogP contribution in [0.1, 0.15) is 22.3 Å². The second-order valence-electron chi connectivity index (χ2n) is 14.2. The van der Waals surface area contributed by atoms with Crippen molar-refractivity contribution in [2.24, 2.45) is 0 Å². The van der Waals surface area contributed by atoms with Gasteiger partial charge in [-0.3, -0.25) is 0 Å². The largest absolute Gasteiger partial charge is 0.308 e. The highest BCUT2D eigenvalue weighted by atomic mass is 32.2. The molecule has 2 aliphatic rings. The molecule has 6 heteroatoms. The molecule has 10 rings (SSSR count). The maximum absolute atomic E-state index is 13.9. The van der Waals surface area contributed by atoms with Gasteiger partial charge in [0.25, 0.3) is 0 Å². The van der Waals surface area contributed by atoms with Crippen LogP contribution in [0, 0.1) is 0 Å². The van der Waals surface area contributed by atoms with Gasteiger partial charge in [-0.25, -0.2) is 8.42 Å². The SMILES string of the molecule is O=S1(=O)c2ccccc2N(c2ccccc2)c2ccc(C=Cc3ccc(-c4ccc(C=Cc5ccc6c(c5)Sc5ccccc5N6c5ccccc5)cc4)cc3)cc21. The number of hydrogen-bond acceptors (Lipinski definition) is 5. The minimum atomic E-state index is -3.71. The van der Waals surface area contributed by atoms with Crippen LogP contribution in [-0.2, 0) is 9.84 Å². The Kier molecular flexibility index (Phi) is 9.13. The van der Waals surface area contributed by atoms with Gasteiger partial charge in [-0.2, -0.15) is 0 Å². The first-order valence-electron chi connectivity index (χ1n) is 19.2. The van der Waals surface area contributed by atoms with Crippen LogP contribution >= 0.6 is 11.8 Å². The minimum absolute atomic E-state index is 0.300. The lowest BCUT2D eigenvalue weighted by Gasteiger charge is -2.33. The van der Waals surface area contributed by atoms with Crippen LogP contribution in [0.2, 0.25) is 0 Å². The first-order chi connectivity index (χ1) is 28.5. The van der Waals surface area contributed by atoms with Gasteiger partial charge in [0.15, 0.2) is 0 Å². The molecule has 8 aromatic carbocycles. The summed E-state index contributed by atoms with van der Waals surface area (Å²) in [6.07, 6.45) is 8.34. The van der Waals surface area contributed by atoms with Crippen molar-refractivity contribution in [1.82, 2.24) is 0 Å². The van der Waals surface area contributed by atoms with Gasteiger partial charge in [0.2, 0.25) is 9.84 Å². The van der Waals surface area contributed by atoms with E-state index < -0.39 is 9.84 Å². The highest BCUT2D eigenvalue weighted by Gasteiger charge is 2.34. The molecule has 0 aromatic heterocycles. The van der Waals surface area contributed by atoms with Gasteiger partial charge in [-0.1, -0.05) is 157 Å². The van der Waals surface area contributed by atoms with Crippen LogP contribution in [0.3, 0.4) is 0 Å². The van der Waals surface area contributed by atoms with Gasteiger partial charge in [-0.05, 0) is 106 Å². The van der Waals surface area contributed by atoms with E-state index in [1.165, 1.54) is 21.2 Å². The summed E-state index contributed by atoms with van der Waals surface area (Å²) in [4.78, 5) is 7.45. The predicted octanol–water partition coefficient (Wildman–Crippen LogP) is 14.2. The lowest BCUT2D eigenvalue weighted by molar-refractivity contribution is 0.595. The monoisotopic (exact) mass is 784 g/mol. The molecule has 0 amide bonds. The summed E-state index contributed by atoms with van der Waals surface area (Å²) >= 11 is 1.82. The Balaban J connectivity index is 0.843. The Morgan fingerprint density at radius 1 is 0.362 bits per heavy atom. The molecule has 8 aromatic rings. The van der Waals surface area contributed by atoms with Crippen molar-refractivity contribution in [3.05, 3.63) is 216 Å². The Labute approximate surface area is 343 Å². The molecule has 0 bridgehead atoms. The lowest BCUT2D eigenvalue weighted by atomic mass is 10.0. The molecule has 0 saturated heterocycles. The molecule has 0 atom stereocenters. The van der Waals surface area contributed by atoms with Gasteiger partial charge >= 0.3 is 0 Å². The van der Waals surface area contributed by atoms with Gasteiger partial charge in [0.1, 0.15) is 0 Å². The Morgan fingerprint density at radius 2 is 0.793 bits per heavy atom. The lowest BCUT2D eigenvalue weighted by Crippen LogP contribution is -2.22. The molecule has 2 heterocycles. The molecule has 0 unspecified atom stereocenters. The molecule has 4 nitrogen and oxygen atoms in total. The first kappa shape index (κ1) is 35.5. The zero-order valence-corrected chi connectivity index (χ0v) is 32.9. The first-order valence-corrected chi connectivity index (χ1v) is 21.5. The summed E-state index contributed by atoms with van der Waals surface area (Å²) in [5, 5.41) is 0. The number of fused-ring (bicyclic) bond motifs is 4. The van der Waals surface area contributed by atoms with E-state index in [1.54, 1.807) is 18.2 Å². The number of sulfone groups is 1. The van der Waals surface area contributed by atoms with Crippen LogP contribution in [0.25, 0.3) is 35.4 Å². The predicted molar refractivity (Wildman–Crippen MR) is 242 cm³/mol. The van der Waals surface area contributed by atoms with Crippen molar-refractivity contribution < 1.29 is 8.42 Å². The fourth-order valence-electron chi connectivity index (χ4n) is 7.70. The Hall–Kier alpha value is -6.86. The molecule has 2 aliphatic heterocycles. The Bertz CT molecular complexity index is 2980. The highest BCUT2D eigenvalue weighted by molar-refractivity contribution is 7.99. The molecular formula is C52H36N2O2S2. The van der Waals surface area contributed by atoms with E-state index in [-0.39, 0.29) is 0 Å². The third kappa shape index (κ3) is 6.62. The van der Waals surface area contributed by atoms with Gasteiger partial charge in [-0.15, -0.1) is 0 Å². The van der Waals surface area contributed by atoms with E-state index in [9.17, 15) is 8.42 Å². The van der Waals surface area contributed by atoms with Crippen LogP contribution in [0.4, 0.5) is 34.1 Å². The molecule has 278 valence electrons. The third-order valence-corrected chi connectivity index (χ3v) is 13.5. The smallest absolute Gasteiger partial charge is 0.210 e. The standard InChI is InChI=1S/C52H36N2O2S2/c55-58(56)51-18-10-8-16-47(51)54(44-13-5-2-6-14-44)48-34-28-40(36-52(48)58)22-20-38-25-31-42(32-26-38)41-29-23-37(24-30-41)19-21-39-27-33-46-50(35-39)57-49-17-9-7-15-45(49)53(46)43-11-3-1-4-12-43/h1-36H. The molecule has 0 spiro atoms. The fraction of sp³-hybridized carbons (Fsp3) is 0. The van der Waals surface area contributed by atoms with E-state index in [2.05, 4.69) is 138 Å².